The van der Waals surface area contributed by atoms with E-state index in [1.165, 1.54) is 25.3 Å². The first-order valence-corrected chi connectivity index (χ1v) is 7.61. The number of nitrogens with one attached hydrogen (secondary N) is 1. The van der Waals surface area contributed by atoms with Crippen molar-refractivity contribution in [2.75, 3.05) is 11.8 Å². The summed E-state index contributed by atoms with van der Waals surface area (Å²) < 4.78 is 46.0. The molecule has 0 spiro atoms. The van der Waals surface area contributed by atoms with E-state index in [-0.39, 0.29) is 22.7 Å². The molecule has 3 N–H and O–H groups in total. The highest BCUT2D eigenvalue weighted by atomic mass is 32.2. The molecule has 0 aliphatic carbocycles. The fourth-order valence-electron chi connectivity index (χ4n) is 1.92. The van der Waals surface area contributed by atoms with Crippen molar-refractivity contribution in [3.63, 3.8) is 0 Å². The minimum absolute atomic E-state index is 0.0557. The number of methoxy groups -OCH3 is 1. The number of ether oxygens (including phenoxy) is 1. The van der Waals surface area contributed by atoms with Gasteiger partial charge in [0.15, 0.2) is 0 Å². The molecule has 0 saturated heterocycles. The van der Waals surface area contributed by atoms with E-state index in [1.807, 2.05) is 0 Å². The van der Waals surface area contributed by atoms with Crippen molar-refractivity contribution in [1.82, 2.24) is 0 Å². The summed E-state index contributed by atoms with van der Waals surface area (Å²) in [7, 11) is -2.53. The summed E-state index contributed by atoms with van der Waals surface area (Å²) in [5.74, 6) is -0.285. The first kappa shape index (κ1) is 15.3. The van der Waals surface area contributed by atoms with E-state index in [2.05, 4.69) is 4.72 Å². The zero-order chi connectivity index (χ0) is 15.5. The number of nitrogens with two attached hydrogens (primary N) is 1. The minimum atomic E-state index is -3.96. The van der Waals surface area contributed by atoms with Gasteiger partial charge >= 0.3 is 0 Å². The van der Waals surface area contributed by atoms with E-state index in [1.54, 1.807) is 24.3 Å². The van der Waals surface area contributed by atoms with Crippen molar-refractivity contribution in [2.45, 2.75) is 11.4 Å². The summed E-state index contributed by atoms with van der Waals surface area (Å²) >= 11 is 0. The van der Waals surface area contributed by atoms with Gasteiger partial charge in [0.1, 0.15) is 11.6 Å². The molecule has 0 aromatic heterocycles. The maximum atomic E-state index is 13.7. The Morgan fingerprint density at radius 3 is 2.57 bits per heavy atom. The molecule has 0 atom stereocenters. The lowest BCUT2D eigenvalue weighted by Gasteiger charge is -2.14. The third-order valence-electron chi connectivity index (χ3n) is 2.92. The lowest BCUT2D eigenvalue weighted by molar-refractivity contribution is 0.417. The molecular weight excluding hydrogens is 295 g/mol. The Morgan fingerprint density at radius 1 is 1.19 bits per heavy atom. The summed E-state index contributed by atoms with van der Waals surface area (Å²) in [6.45, 7) is -0.213. The van der Waals surface area contributed by atoms with Crippen molar-refractivity contribution >= 4 is 15.7 Å². The summed E-state index contributed by atoms with van der Waals surface area (Å²) in [5.41, 5.74) is 5.66. The Labute approximate surface area is 122 Å². The largest absolute Gasteiger partial charge is 0.495 e. The van der Waals surface area contributed by atoms with Crippen LogP contribution in [0.4, 0.5) is 10.1 Å². The molecule has 0 bridgehead atoms. The van der Waals surface area contributed by atoms with Gasteiger partial charge in [-0.2, -0.15) is 0 Å². The third-order valence-corrected chi connectivity index (χ3v) is 4.37. The Balaban J connectivity index is 2.46. The second-order valence-corrected chi connectivity index (χ2v) is 5.88. The molecule has 2 rings (SSSR count). The van der Waals surface area contributed by atoms with Crippen LogP contribution in [0.25, 0.3) is 0 Å². The van der Waals surface area contributed by atoms with Crippen LogP contribution < -0.4 is 15.2 Å². The normalized spacial score (nSPS) is 11.2. The van der Waals surface area contributed by atoms with Crippen molar-refractivity contribution in [3.8, 4) is 5.75 Å². The molecule has 0 radical (unpaired) electrons. The average molecular weight is 310 g/mol. The van der Waals surface area contributed by atoms with Gasteiger partial charge in [0, 0.05) is 12.1 Å². The van der Waals surface area contributed by atoms with Crippen molar-refractivity contribution in [3.05, 3.63) is 53.8 Å². The standard InChI is InChI=1S/C14H15FN2O3S/c1-20-13-7-3-2-6-12(13)17-21(18,19)14-8-4-5-11(15)10(14)9-16/h2-8,17H,9,16H2,1H3. The number of rotatable bonds is 5. The van der Waals surface area contributed by atoms with Crippen LogP contribution in [0.15, 0.2) is 47.4 Å². The summed E-state index contributed by atoms with van der Waals surface area (Å²) in [6, 6.07) is 10.4. The quantitative estimate of drug-likeness (QED) is 0.886. The van der Waals surface area contributed by atoms with Crippen LogP contribution in [0.1, 0.15) is 5.56 Å². The second kappa shape index (κ2) is 6.11. The minimum Gasteiger partial charge on any atom is -0.495 e. The van der Waals surface area contributed by atoms with Crippen molar-refractivity contribution in [1.29, 1.82) is 0 Å². The lowest BCUT2D eigenvalue weighted by atomic mass is 10.2. The van der Waals surface area contributed by atoms with Crippen LogP contribution in [-0.2, 0) is 16.6 Å². The van der Waals surface area contributed by atoms with Crippen molar-refractivity contribution < 1.29 is 17.5 Å². The van der Waals surface area contributed by atoms with Gasteiger partial charge in [0.2, 0.25) is 0 Å². The van der Waals surface area contributed by atoms with Crippen LogP contribution in [0, 0.1) is 5.82 Å². The van der Waals surface area contributed by atoms with Gasteiger partial charge in [0.25, 0.3) is 10.0 Å². The number of sulfonamides is 1. The van der Waals surface area contributed by atoms with Gasteiger partial charge in [-0.05, 0) is 24.3 Å². The van der Waals surface area contributed by atoms with Crippen LogP contribution in [0.5, 0.6) is 5.75 Å². The van der Waals surface area contributed by atoms with E-state index in [0.29, 0.717) is 5.75 Å². The van der Waals surface area contributed by atoms with Crippen molar-refractivity contribution in [2.24, 2.45) is 5.73 Å². The van der Waals surface area contributed by atoms with E-state index in [0.717, 1.165) is 0 Å². The predicted molar refractivity (Wildman–Crippen MR) is 78.1 cm³/mol. The van der Waals surface area contributed by atoms with Crippen LogP contribution in [0.3, 0.4) is 0 Å². The number of halogens is 1. The first-order chi connectivity index (χ1) is 9.99. The van der Waals surface area contributed by atoms with Gasteiger partial charge in [-0.25, -0.2) is 12.8 Å². The second-order valence-electron chi connectivity index (χ2n) is 4.23. The van der Waals surface area contributed by atoms with E-state index in [9.17, 15) is 12.8 Å². The number of hydrogen-bond donors (Lipinski definition) is 2. The number of anilines is 1. The molecule has 0 heterocycles. The number of para-hydroxylation sites is 2. The zero-order valence-corrected chi connectivity index (χ0v) is 12.2. The molecule has 5 nitrogen and oxygen atoms in total. The van der Waals surface area contributed by atoms with E-state index >= 15 is 0 Å². The Bertz CT molecular complexity index is 748. The highest BCUT2D eigenvalue weighted by Crippen LogP contribution is 2.27. The fraction of sp³-hybridized carbons (Fsp3) is 0.143. The van der Waals surface area contributed by atoms with Crippen LogP contribution in [0.2, 0.25) is 0 Å². The fourth-order valence-corrected chi connectivity index (χ4v) is 3.25. The summed E-state index contributed by atoms with van der Waals surface area (Å²) in [5, 5.41) is 0. The molecule has 0 aliphatic heterocycles. The third kappa shape index (κ3) is 3.14. The molecule has 0 aliphatic rings. The SMILES string of the molecule is COc1ccccc1NS(=O)(=O)c1cccc(F)c1CN. The molecule has 0 amide bonds. The molecule has 0 fully saturated rings. The molecule has 112 valence electrons. The van der Waals surface area contributed by atoms with Crippen LogP contribution in [-0.4, -0.2) is 15.5 Å². The lowest BCUT2D eigenvalue weighted by Crippen LogP contribution is -2.17. The van der Waals surface area contributed by atoms with E-state index in [4.69, 9.17) is 10.5 Å². The number of hydrogen-bond acceptors (Lipinski definition) is 4. The van der Waals surface area contributed by atoms with Gasteiger partial charge in [-0.1, -0.05) is 18.2 Å². The zero-order valence-electron chi connectivity index (χ0n) is 11.3. The smallest absolute Gasteiger partial charge is 0.262 e. The van der Waals surface area contributed by atoms with Crippen LogP contribution >= 0.6 is 0 Å². The molecule has 2 aromatic carbocycles. The summed E-state index contributed by atoms with van der Waals surface area (Å²) in [6.07, 6.45) is 0. The first-order valence-electron chi connectivity index (χ1n) is 6.13. The Morgan fingerprint density at radius 2 is 1.90 bits per heavy atom. The topological polar surface area (TPSA) is 81.4 Å². The van der Waals surface area contributed by atoms with Gasteiger partial charge in [-0.3, -0.25) is 4.72 Å². The Kier molecular flexibility index (Phi) is 4.44. The maximum Gasteiger partial charge on any atom is 0.262 e. The molecule has 0 saturated carbocycles. The molecule has 0 unspecified atom stereocenters. The molecular formula is C14H15FN2O3S. The van der Waals surface area contributed by atoms with Gasteiger partial charge in [-0.15, -0.1) is 0 Å². The molecule has 21 heavy (non-hydrogen) atoms. The predicted octanol–water partition coefficient (Wildman–Crippen LogP) is 2.09. The van der Waals surface area contributed by atoms with Gasteiger partial charge < -0.3 is 10.5 Å². The molecule has 7 heteroatoms. The highest BCUT2D eigenvalue weighted by Gasteiger charge is 2.21. The number of benzene rings is 2. The summed E-state index contributed by atoms with van der Waals surface area (Å²) in [4.78, 5) is -0.184. The average Bonchev–Trinajstić information content (AvgIpc) is 2.47. The monoisotopic (exact) mass is 310 g/mol. The Hall–Kier alpha value is -2.12. The maximum absolute atomic E-state index is 13.7. The van der Waals surface area contributed by atoms with Gasteiger partial charge in [0.05, 0.1) is 17.7 Å². The molecule has 2 aromatic rings. The highest BCUT2D eigenvalue weighted by molar-refractivity contribution is 7.92. The van der Waals surface area contributed by atoms with E-state index < -0.39 is 15.8 Å².